The number of hydrogen-bond donors (Lipinski definition) is 1. The van der Waals surface area contributed by atoms with Gasteiger partial charge in [-0.3, -0.25) is 14.9 Å². The Bertz CT molecular complexity index is 729. The van der Waals surface area contributed by atoms with Crippen LogP contribution in [0.5, 0.6) is 0 Å². The Labute approximate surface area is 126 Å². The summed E-state index contributed by atoms with van der Waals surface area (Å²) in [5, 5.41) is 14.0. The third-order valence-electron chi connectivity index (χ3n) is 3.32. The number of nitrogens with one attached hydrogen (secondary N) is 1. The third kappa shape index (κ3) is 3.03. The van der Waals surface area contributed by atoms with Crippen molar-refractivity contribution in [3.8, 4) is 0 Å². The molecule has 1 amide bonds. The summed E-state index contributed by atoms with van der Waals surface area (Å²) in [6, 6.07) is 9.60. The molecule has 1 N–H and O–H groups in total. The van der Waals surface area contributed by atoms with Gasteiger partial charge in [0.2, 0.25) is 0 Å². The highest BCUT2D eigenvalue weighted by Gasteiger charge is 2.17. The summed E-state index contributed by atoms with van der Waals surface area (Å²) in [4.78, 5) is 22.6. The molecular weight excluding hydrogens is 292 g/mol. The van der Waals surface area contributed by atoms with Gasteiger partial charge in [0.05, 0.1) is 15.5 Å². The minimum absolute atomic E-state index is 0.0308. The number of hydrogen-bond acceptors (Lipinski definition) is 3. The van der Waals surface area contributed by atoms with Gasteiger partial charge in [0.15, 0.2) is 0 Å². The lowest BCUT2D eigenvalue weighted by Crippen LogP contribution is -2.13. The van der Waals surface area contributed by atoms with Gasteiger partial charge in [0.1, 0.15) is 0 Å². The quantitative estimate of drug-likeness (QED) is 0.685. The second kappa shape index (κ2) is 5.93. The van der Waals surface area contributed by atoms with Crippen LogP contribution in [0.15, 0.2) is 36.4 Å². The monoisotopic (exact) mass is 304 g/mol. The number of halogens is 1. The molecule has 0 aliphatic heterocycles. The van der Waals surface area contributed by atoms with Gasteiger partial charge >= 0.3 is 0 Å². The smallest absolute Gasteiger partial charge is 0.272 e. The maximum atomic E-state index is 12.2. The first-order valence-electron chi connectivity index (χ1n) is 6.22. The summed E-state index contributed by atoms with van der Waals surface area (Å²) in [6.07, 6.45) is 0. The van der Waals surface area contributed by atoms with Crippen LogP contribution in [0.25, 0.3) is 0 Å². The minimum Gasteiger partial charge on any atom is -0.322 e. The number of nitro groups is 1. The zero-order chi connectivity index (χ0) is 15.6. The van der Waals surface area contributed by atoms with Gasteiger partial charge in [-0.2, -0.15) is 0 Å². The maximum Gasteiger partial charge on any atom is 0.272 e. The fourth-order valence-corrected chi connectivity index (χ4v) is 2.20. The molecule has 108 valence electrons. The number of nitro benzene ring substituents is 1. The molecule has 0 unspecified atom stereocenters. The van der Waals surface area contributed by atoms with Crippen molar-refractivity contribution in [1.29, 1.82) is 0 Å². The number of rotatable bonds is 3. The Kier molecular flexibility index (Phi) is 4.23. The van der Waals surface area contributed by atoms with E-state index in [1.165, 1.54) is 12.1 Å². The molecule has 0 fully saturated rings. The van der Waals surface area contributed by atoms with Gasteiger partial charge in [-0.1, -0.05) is 23.7 Å². The van der Waals surface area contributed by atoms with E-state index in [1.54, 1.807) is 38.1 Å². The summed E-state index contributed by atoms with van der Waals surface area (Å²) in [5.74, 6) is -0.350. The standard InChI is InChI=1S/C15H13ClN2O3/c1-9-10(2)14(18(20)21)8-7-13(9)17-15(19)11-5-3-4-6-12(11)16/h3-8H,1-2H3,(H,17,19). The van der Waals surface area contributed by atoms with Crippen molar-refractivity contribution in [3.05, 3.63) is 68.2 Å². The predicted octanol–water partition coefficient (Wildman–Crippen LogP) is 4.12. The second-order valence-corrected chi connectivity index (χ2v) is 4.98. The van der Waals surface area contributed by atoms with Gasteiger partial charge in [-0.15, -0.1) is 0 Å². The zero-order valence-corrected chi connectivity index (χ0v) is 12.3. The molecule has 2 rings (SSSR count). The highest BCUT2D eigenvalue weighted by atomic mass is 35.5. The van der Waals surface area contributed by atoms with Crippen molar-refractivity contribution in [2.24, 2.45) is 0 Å². The SMILES string of the molecule is Cc1c(NC(=O)c2ccccc2Cl)ccc([N+](=O)[O-])c1C. The fourth-order valence-electron chi connectivity index (χ4n) is 1.97. The lowest BCUT2D eigenvalue weighted by molar-refractivity contribution is -0.385. The second-order valence-electron chi connectivity index (χ2n) is 4.57. The van der Waals surface area contributed by atoms with Gasteiger partial charge in [0, 0.05) is 17.3 Å². The highest BCUT2D eigenvalue weighted by Crippen LogP contribution is 2.28. The molecule has 0 bridgehead atoms. The van der Waals surface area contributed by atoms with E-state index < -0.39 is 4.92 Å². The summed E-state index contributed by atoms with van der Waals surface area (Å²) in [7, 11) is 0. The number of carbonyl (C=O) groups is 1. The molecule has 0 saturated heterocycles. The van der Waals surface area contributed by atoms with Crippen molar-refractivity contribution in [2.45, 2.75) is 13.8 Å². The van der Waals surface area contributed by atoms with Crippen molar-refractivity contribution in [1.82, 2.24) is 0 Å². The molecule has 0 radical (unpaired) electrons. The lowest BCUT2D eigenvalue weighted by Gasteiger charge is -2.11. The Morgan fingerprint density at radius 2 is 1.81 bits per heavy atom. The molecule has 0 aliphatic rings. The Hall–Kier alpha value is -2.40. The lowest BCUT2D eigenvalue weighted by atomic mass is 10.1. The number of nitrogens with zero attached hydrogens (tertiary/aromatic N) is 1. The average Bonchev–Trinajstić information content (AvgIpc) is 2.44. The van der Waals surface area contributed by atoms with Crippen molar-refractivity contribution in [3.63, 3.8) is 0 Å². The zero-order valence-electron chi connectivity index (χ0n) is 11.5. The Balaban J connectivity index is 2.33. The van der Waals surface area contributed by atoms with E-state index in [1.807, 2.05) is 0 Å². The topological polar surface area (TPSA) is 72.2 Å². The first-order valence-corrected chi connectivity index (χ1v) is 6.60. The number of anilines is 1. The molecule has 0 heterocycles. The van der Waals surface area contributed by atoms with E-state index in [0.717, 1.165) is 0 Å². The molecule has 6 heteroatoms. The molecule has 0 atom stereocenters. The average molecular weight is 305 g/mol. The molecule has 5 nitrogen and oxygen atoms in total. The van der Waals surface area contributed by atoms with Crippen LogP contribution < -0.4 is 5.32 Å². The van der Waals surface area contributed by atoms with Crippen molar-refractivity contribution >= 4 is 28.9 Å². The van der Waals surface area contributed by atoms with Crippen LogP contribution in [0.3, 0.4) is 0 Å². The van der Waals surface area contributed by atoms with Crippen LogP contribution in [0, 0.1) is 24.0 Å². The largest absolute Gasteiger partial charge is 0.322 e. The Morgan fingerprint density at radius 1 is 1.14 bits per heavy atom. The summed E-state index contributed by atoms with van der Waals surface area (Å²) < 4.78 is 0. The van der Waals surface area contributed by atoms with Gasteiger partial charge in [-0.25, -0.2) is 0 Å². The van der Waals surface area contributed by atoms with Gasteiger partial charge < -0.3 is 5.32 Å². The molecule has 0 aliphatic carbocycles. The van der Waals surface area contributed by atoms with Crippen LogP contribution in [-0.4, -0.2) is 10.8 Å². The van der Waals surface area contributed by atoms with E-state index in [0.29, 0.717) is 27.4 Å². The summed E-state index contributed by atoms with van der Waals surface area (Å²) in [5.41, 5.74) is 2.10. The van der Waals surface area contributed by atoms with Crippen LogP contribution in [0.2, 0.25) is 5.02 Å². The first kappa shape index (κ1) is 15.0. The molecule has 0 saturated carbocycles. The summed E-state index contributed by atoms with van der Waals surface area (Å²) >= 11 is 5.97. The maximum absolute atomic E-state index is 12.2. The first-order chi connectivity index (χ1) is 9.91. The minimum atomic E-state index is -0.442. The van der Waals surface area contributed by atoms with E-state index in [2.05, 4.69) is 5.32 Å². The third-order valence-corrected chi connectivity index (χ3v) is 3.65. The Morgan fingerprint density at radius 3 is 2.43 bits per heavy atom. The van der Waals surface area contributed by atoms with Crippen molar-refractivity contribution in [2.75, 3.05) is 5.32 Å². The molecule has 2 aromatic carbocycles. The molecule has 0 spiro atoms. The van der Waals surface area contributed by atoms with E-state index in [9.17, 15) is 14.9 Å². The number of carbonyl (C=O) groups excluding carboxylic acids is 1. The van der Waals surface area contributed by atoms with E-state index in [4.69, 9.17) is 11.6 Å². The fraction of sp³-hybridized carbons (Fsp3) is 0.133. The number of benzene rings is 2. The van der Waals surface area contributed by atoms with Gasteiger partial charge in [0.25, 0.3) is 11.6 Å². The molecule has 21 heavy (non-hydrogen) atoms. The normalized spacial score (nSPS) is 10.2. The van der Waals surface area contributed by atoms with Crippen LogP contribution in [0.1, 0.15) is 21.5 Å². The van der Waals surface area contributed by atoms with E-state index >= 15 is 0 Å². The predicted molar refractivity (Wildman–Crippen MR) is 82.0 cm³/mol. The summed E-state index contributed by atoms with van der Waals surface area (Å²) in [6.45, 7) is 3.38. The van der Waals surface area contributed by atoms with Gasteiger partial charge in [-0.05, 0) is 37.6 Å². The molecule has 0 aromatic heterocycles. The van der Waals surface area contributed by atoms with Crippen LogP contribution in [-0.2, 0) is 0 Å². The highest BCUT2D eigenvalue weighted by molar-refractivity contribution is 6.34. The molecule has 2 aromatic rings. The van der Waals surface area contributed by atoms with E-state index in [-0.39, 0.29) is 11.6 Å². The number of amides is 1. The molecular formula is C15H13ClN2O3. The van der Waals surface area contributed by atoms with Crippen LogP contribution >= 0.6 is 11.6 Å². The van der Waals surface area contributed by atoms with Crippen LogP contribution in [0.4, 0.5) is 11.4 Å². The van der Waals surface area contributed by atoms with Crippen molar-refractivity contribution < 1.29 is 9.72 Å².